The second-order valence-corrected chi connectivity index (χ2v) is 6.62. The van der Waals surface area contributed by atoms with Crippen molar-refractivity contribution in [2.24, 2.45) is 0 Å². The van der Waals surface area contributed by atoms with Crippen molar-refractivity contribution in [3.63, 3.8) is 0 Å². The van der Waals surface area contributed by atoms with Crippen molar-refractivity contribution in [1.29, 1.82) is 0 Å². The molecule has 0 aliphatic heterocycles. The van der Waals surface area contributed by atoms with E-state index in [0.717, 1.165) is 12.8 Å². The van der Waals surface area contributed by atoms with Crippen LogP contribution >= 0.6 is 11.8 Å². The molecule has 0 heterocycles. The normalized spacial score (nSPS) is 11.3. The fourth-order valence-corrected chi connectivity index (χ4v) is 2.81. The Balaban J connectivity index is 3.39. The maximum Gasteiger partial charge on any atom is 0.315 e. The highest BCUT2D eigenvalue weighted by molar-refractivity contribution is 8.01. The van der Waals surface area contributed by atoms with Crippen molar-refractivity contribution in [3.8, 4) is 0 Å². The van der Waals surface area contributed by atoms with Gasteiger partial charge in [0.2, 0.25) is 0 Å². The van der Waals surface area contributed by atoms with E-state index in [-0.39, 0.29) is 17.5 Å². The molecule has 15 heavy (non-hydrogen) atoms. The molecule has 0 aromatic heterocycles. The van der Waals surface area contributed by atoms with Gasteiger partial charge >= 0.3 is 5.97 Å². The smallest absolute Gasteiger partial charge is 0.315 e. The zero-order valence-corrected chi connectivity index (χ0v) is 10.8. The summed E-state index contributed by atoms with van der Waals surface area (Å²) in [6.45, 7) is 2.48. The average molecular weight is 254 g/mol. The lowest BCUT2D eigenvalue weighted by atomic mass is 10.4. The zero-order valence-electron chi connectivity index (χ0n) is 9.19. The van der Waals surface area contributed by atoms with Gasteiger partial charge in [0, 0.05) is 12.0 Å². The van der Waals surface area contributed by atoms with Gasteiger partial charge < -0.3 is 4.74 Å². The largest absolute Gasteiger partial charge is 0.465 e. The molecule has 0 aliphatic carbocycles. The second-order valence-electron chi connectivity index (χ2n) is 3.26. The summed E-state index contributed by atoms with van der Waals surface area (Å²) < 4.78 is 26.4. The quantitative estimate of drug-likeness (QED) is 0.479. The van der Waals surface area contributed by atoms with Gasteiger partial charge in [0.1, 0.15) is 9.84 Å². The number of carbonyl (C=O) groups is 1. The van der Waals surface area contributed by atoms with Crippen LogP contribution in [0.1, 0.15) is 19.8 Å². The molecule has 0 aromatic rings. The fraction of sp³-hybridized carbons (Fsp3) is 0.889. The molecule has 0 saturated carbocycles. The molecule has 0 saturated heterocycles. The van der Waals surface area contributed by atoms with E-state index in [2.05, 4.69) is 0 Å². The number of esters is 1. The molecule has 6 heteroatoms. The molecule has 0 radical (unpaired) electrons. The van der Waals surface area contributed by atoms with Crippen LogP contribution in [-0.4, -0.2) is 44.5 Å². The van der Waals surface area contributed by atoms with Crippen molar-refractivity contribution in [2.45, 2.75) is 19.8 Å². The van der Waals surface area contributed by atoms with Gasteiger partial charge in [0.15, 0.2) is 0 Å². The highest BCUT2D eigenvalue weighted by atomic mass is 32.2. The Labute approximate surface area is 95.7 Å². The number of unbranched alkanes of at least 4 members (excludes halogenated alkanes) is 1. The third-order valence-electron chi connectivity index (χ3n) is 1.58. The number of hydrogen-bond acceptors (Lipinski definition) is 5. The van der Waals surface area contributed by atoms with Crippen LogP contribution in [0.5, 0.6) is 0 Å². The summed E-state index contributed by atoms with van der Waals surface area (Å²) in [5.74, 6) is 0.530. The van der Waals surface area contributed by atoms with Gasteiger partial charge in [-0.2, -0.15) is 0 Å². The van der Waals surface area contributed by atoms with Crippen LogP contribution in [0.15, 0.2) is 0 Å². The second kappa shape index (κ2) is 7.98. The molecule has 0 N–H and O–H groups in total. The summed E-state index contributed by atoms with van der Waals surface area (Å²) in [6, 6.07) is 0. The van der Waals surface area contributed by atoms with E-state index in [4.69, 9.17) is 4.74 Å². The van der Waals surface area contributed by atoms with Crippen LogP contribution in [0.2, 0.25) is 0 Å². The van der Waals surface area contributed by atoms with E-state index in [1.807, 2.05) is 6.92 Å². The highest BCUT2D eigenvalue weighted by Crippen LogP contribution is 2.02. The molecule has 0 unspecified atom stereocenters. The van der Waals surface area contributed by atoms with Gasteiger partial charge in [0.25, 0.3) is 0 Å². The summed E-state index contributed by atoms with van der Waals surface area (Å²) in [5.41, 5.74) is 0. The van der Waals surface area contributed by atoms with E-state index in [0.29, 0.717) is 12.4 Å². The topological polar surface area (TPSA) is 60.4 Å². The molecule has 0 aromatic carbocycles. The van der Waals surface area contributed by atoms with Crippen LogP contribution in [0.3, 0.4) is 0 Å². The molecular weight excluding hydrogens is 236 g/mol. The minimum absolute atomic E-state index is 0.111. The molecule has 0 aliphatic rings. The van der Waals surface area contributed by atoms with Gasteiger partial charge in [-0.1, -0.05) is 13.3 Å². The number of rotatable bonds is 8. The number of hydrogen-bond donors (Lipinski definition) is 0. The molecular formula is C9H18O4S2. The van der Waals surface area contributed by atoms with Crippen LogP contribution < -0.4 is 0 Å². The third kappa shape index (κ3) is 11.7. The Morgan fingerprint density at radius 2 is 2.07 bits per heavy atom. The first kappa shape index (κ1) is 14.8. The minimum Gasteiger partial charge on any atom is -0.465 e. The van der Waals surface area contributed by atoms with Gasteiger partial charge in [-0.15, -0.1) is 11.8 Å². The third-order valence-corrected chi connectivity index (χ3v) is 3.72. The maximum atomic E-state index is 11.0. The van der Waals surface area contributed by atoms with Crippen LogP contribution in [0, 0.1) is 0 Å². The molecule has 90 valence electrons. The maximum absolute atomic E-state index is 11.0. The predicted octanol–water partition coefficient (Wildman–Crippen LogP) is 1.11. The number of thioether (sulfide) groups is 1. The first-order valence-electron chi connectivity index (χ1n) is 4.87. The van der Waals surface area contributed by atoms with E-state index in [1.54, 1.807) is 0 Å². The Kier molecular flexibility index (Phi) is 7.86. The van der Waals surface area contributed by atoms with Crippen LogP contribution in [0.25, 0.3) is 0 Å². The van der Waals surface area contributed by atoms with Crippen molar-refractivity contribution in [3.05, 3.63) is 0 Å². The number of carbonyl (C=O) groups excluding carboxylic acids is 1. The van der Waals surface area contributed by atoms with Gasteiger partial charge in [-0.25, -0.2) is 8.42 Å². The highest BCUT2D eigenvalue weighted by Gasteiger charge is 2.05. The first-order chi connectivity index (χ1) is 6.95. The summed E-state index contributed by atoms with van der Waals surface area (Å²) in [5, 5.41) is 0. The first-order valence-corrected chi connectivity index (χ1v) is 8.08. The SMILES string of the molecule is CCCCOC(=O)CSCCS(C)(=O)=O. The Morgan fingerprint density at radius 1 is 1.40 bits per heavy atom. The van der Waals surface area contributed by atoms with E-state index in [9.17, 15) is 13.2 Å². The Bertz CT molecular complexity index is 272. The number of ether oxygens (including phenoxy) is 1. The molecule has 0 rings (SSSR count). The van der Waals surface area contributed by atoms with E-state index < -0.39 is 9.84 Å². The van der Waals surface area contributed by atoms with Gasteiger partial charge in [-0.3, -0.25) is 4.79 Å². The van der Waals surface area contributed by atoms with Crippen molar-refractivity contribution < 1.29 is 17.9 Å². The number of sulfone groups is 1. The summed E-state index contributed by atoms with van der Waals surface area (Å²) in [7, 11) is -2.92. The lowest BCUT2D eigenvalue weighted by Crippen LogP contribution is -2.11. The van der Waals surface area contributed by atoms with Crippen molar-refractivity contribution >= 4 is 27.6 Å². The predicted molar refractivity (Wildman–Crippen MR) is 62.9 cm³/mol. The van der Waals surface area contributed by atoms with Crippen molar-refractivity contribution in [1.82, 2.24) is 0 Å². The monoisotopic (exact) mass is 254 g/mol. The lowest BCUT2D eigenvalue weighted by molar-refractivity contribution is -0.140. The van der Waals surface area contributed by atoms with E-state index >= 15 is 0 Å². The average Bonchev–Trinajstić information content (AvgIpc) is 2.11. The summed E-state index contributed by atoms with van der Waals surface area (Å²) in [4.78, 5) is 11.0. The summed E-state index contributed by atoms with van der Waals surface area (Å²) in [6.07, 6.45) is 3.06. The fourth-order valence-electron chi connectivity index (χ4n) is 0.738. The Morgan fingerprint density at radius 3 is 2.60 bits per heavy atom. The minimum atomic E-state index is -2.92. The van der Waals surface area contributed by atoms with Gasteiger partial charge in [-0.05, 0) is 6.42 Å². The molecule has 0 atom stereocenters. The zero-order chi connectivity index (χ0) is 11.7. The molecule has 0 bridgehead atoms. The lowest BCUT2D eigenvalue weighted by Gasteiger charge is -2.03. The molecule has 0 fully saturated rings. The van der Waals surface area contributed by atoms with Crippen LogP contribution in [0.4, 0.5) is 0 Å². The van der Waals surface area contributed by atoms with E-state index in [1.165, 1.54) is 18.0 Å². The summed E-state index contributed by atoms with van der Waals surface area (Å²) >= 11 is 1.29. The standard InChI is InChI=1S/C9H18O4S2/c1-3-4-5-13-9(10)8-14-6-7-15(2,11)12/h3-8H2,1-2H3. The van der Waals surface area contributed by atoms with Crippen LogP contribution in [-0.2, 0) is 19.4 Å². The Hall–Kier alpha value is -0.230. The molecule has 0 amide bonds. The molecule has 0 spiro atoms. The molecule has 4 nitrogen and oxygen atoms in total. The van der Waals surface area contributed by atoms with Crippen molar-refractivity contribution in [2.75, 3.05) is 30.1 Å². The van der Waals surface area contributed by atoms with Gasteiger partial charge in [0.05, 0.1) is 18.1 Å².